The topological polar surface area (TPSA) is 73.9 Å². The Morgan fingerprint density at radius 2 is 1.44 bits per heavy atom. The number of rotatable bonds is 4. The Morgan fingerprint density at radius 1 is 0.778 bits per heavy atom. The minimum Gasteiger partial charge on any atom is -0.471 e. The number of fused-ring (bicyclic) bond motifs is 1. The van der Waals surface area contributed by atoms with Crippen molar-refractivity contribution in [3.63, 3.8) is 0 Å². The average molecular weight is 364 g/mol. The first-order valence-electron chi connectivity index (χ1n) is 8.16. The monoisotopic (exact) mass is 364 g/mol. The van der Waals surface area contributed by atoms with Crippen molar-refractivity contribution in [2.45, 2.75) is 6.61 Å². The van der Waals surface area contributed by atoms with Crippen LogP contribution in [-0.4, -0.2) is 15.0 Å². The van der Waals surface area contributed by atoms with Crippen LogP contribution in [0.1, 0.15) is 5.56 Å². The van der Waals surface area contributed by atoms with Crippen LogP contribution in [0.25, 0.3) is 22.3 Å². The summed E-state index contributed by atoms with van der Waals surface area (Å²) in [6, 6.07) is 15.5. The smallest absolute Gasteiger partial charge is 0.245 e. The Labute approximate surface area is 153 Å². The van der Waals surface area contributed by atoms with Crippen molar-refractivity contribution in [1.29, 1.82) is 0 Å². The molecule has 0 amide bonds. The fourth-order valence-electron chi connectivity index (χ4n) is 2.62. The van der Waals surface area contributed by atoms with Crippen LogP contribution in [0, 0.1) is 11.6 Å². The molecule has 0 spiro atoms. The second-order valence-corrected chi connectivity index (χ2v) is 5.87. The molecule has 27 heavy (non-hydrogen) atoms. The van der Waals surface area contributed by atoms with E-state index in [0.29, 0.717) is 16.7 Å². The highest BCUT2D eigenvalue weighted by Crippen LogP contribution is 2.26. The molecule has 2 aromatic carbocycles. The SMILES string of the molecule is Nc1nc(OCc2ccc(F)cc2)c2nc(-c3ccc(F)cc3)ccc2n1. The molecular formula is C20H14F2N4O. The average Bonchev–Trinajstić information content (AvgIpc) is 2.67. The zero-order valence-corrected chi connectivity index (χ0v) is 14.1. The van der Waals surface area contributed by atoms with Gasteiger partial charge in [0.25, 0.3) is 0 Å². The van der Waals surface area contributed by atoms with Gasteiger partial charge in [-0.1, -0.05) is 12.1 Å². The van der Waals surface area contributed by atoms with Gasteiger partial charge in [0.05, 0.1) is 11.2 Å². The predicted molar refractivity (Wildman–Crippen MR) is 97.9 cm³/mol. The molecule has 2 N–H and O–H groups in total. The molecule has 0 radical (unpaired) electrons. The Bertz CT molecular complexity index is 1100. The number of nitrogens with two attached hydrogens (primary N) is 1. The first-order valence-corrected chi connectivity index (χ1v) is 8.16. The summed E-state index contributed by atoms with van der Waals surface area (Å²) in [5.41, 5.74) is 8.88. The Morgan fingerprint density at radius 3 is 2.15 bits per heavy atom. The first-order chi connectivity index (χ1) is 13.1. The second-order valence-electron chi connectivity index (χ2n) is 5.87. The van der Waals surface area contributed by atoms with Crippen LogP contribution in [0.4, 0.5) is 14.7 Å². The summed E-state index contributed by atoms with van der Waals surface area (Å²) < 4.78 is 31.9. The standard InChI is InChI=1S/C20H14F2N4O/c21-14-5-1-12(2-6-14)11-27-19-18-17(25-20(23)26-19)10-9-16(24-18)13-3-7-15(22)8-4-13/h1-10H,11H2,(H2,23,25,26). The van der Waals surface area contributed by atoms with Crippen LogP contribution in [0.5, 0.6) is 5.88 Å². The summed E-state index contributed by atoms with van der Waals surface area (Å²) in [6.45, 7) is 0.175. The number of aromatic nitrogens is 3. The van der Waals surface area contributed by atoms with E-state index in [1.807, 2.05) is 0 Å². The number of hydrogen-bond donors (Lipinski definition) is 1. The Balaban J connectivity index is 1.70. The number of hydrogen-bond acceptors (Lipinski definition) is 5. The summed E-state index contributed by atoms with van der Waals surface area (Å²) >= 11 is 0. The van der Waals surface area contributed by atoms with Crippen molar-refractivity contribution < 1.29 is 13.5 Å². The molecule has 0 saturated carbocycles. The molecule has 0 bridgehead atoms. The van der Waals surface area contributed by atoms with E-state index < -0.39 is 0 Å². The van der Waals surface area contributed by atoms with Crippen molar-refractivity contribution in [1.82, 2.24) is 15.0 Å². The molecule has 0 aliphatic rings. The summed E-state index contributed by atoms with van der Waals surface area (Å²) in [7, 11) is 0. The molecule has 0 unspecified atom stereocenters. The quantitative estimate of drug-likeness (QED) is 0.589. The van der Waals surface area contributed by atoms with Crippen molar-refractivity contribution in [3.8, 4) is 17.1 Å². The maximum absolute atomic E-state index is 13.2. The Hall–Kier alpha value is -3.61. The van der Waals surface area contributed by atoms with Crippen molar-refractivity contribution in [2.75, 3.05) is 5.73 Å². The number of pyridine rings is 1. The minimum atomic E-state index is -0.320. The molecule has 0 atom stereocenters. The fraction of sp³-hybridized carbons (Fsp3) is 0.0500. The number of anilines is 1. The molecular weight excluding hydrogens is 350 g/mol. The molecule has 4 rings (SSSR count). The lowest BCUT2D eigenvalue weighted by molar-refractivity contribution is 0.297. The molecule has 2 aromatic heterocycles. The van der Waals surface area contributed by atoms with Gasteiger partial charge in [0, 0.05) is 5.56 Å². The van der Waals surface area contributed by atoms with Crippen LogP contribution in [0.2, 0.25) is 0 Å². The largest absolute Gasteiger partial charge is 0.471 e. The fourth-order valence-corrected chi connectivity index (χ4v) is 2.62. The molecule has 134 valence electrons. The summed E-state index contributed by atoms with van der Waals surface area (Å²) in [4.78, 5) is 12.9. The third kappa shape index (κ3) is 3.67. The number of nitrogen functional groups attached to an aromatic ring is 1. The molecule has 2 heterocycles. The predicted octanol–water partition coefficient (Wildman–Crippen LogP) is 4.13. The van der Waals surface area contributed by atoms with E-state index >= 15 is 0 Å². The van der Waals surface area contributed by atoms with Crippen LogP contribution in [-0.2, 0) is 6.61 Å². The number of ether oxygens (including phenoxy) is 1. The van der Waals surface area contributed by atoms with Gasteiger partial charge in [-0.15, -0.1) is 0 Å². The maximum atomic E-state index is 13.2. The zero-order chi connectivity index (χ0) is 18.8. The molecule has 7 heteroatoms. The van der Waals surface area contributed by atoms with Crippen LogP contribution >= 0.6 is 0 Å². The van der Waals surface area contributed by atoms with Gasteiger partial charge in [0.1, 0.15) is 18.2 Å². The van der Waals surface area contributed by atoms with Crippen molar-refractivity contribution in [2.24, 2.45) is 0 Å². The summed E-state index contributed by atoms with van der Waals surface area (Å²) in [6.07, 6.45) is 0. The van der Waals surface area contributed by atoms with Crippen molar-refractivity contribution in [3.05, 3.63) is 77.9 Å². The van der Waals surface area contributed by atoms with Gasteiger partial charge in [-0.2, -0.15) is 4.98 Å². The normalized spacial score (nSPS) is 10.9. The van der Waals surface area contributed by atoms with Crippen LogP contribution < -0.4 is 10.5 Å². The summed E-state index contributed by atoms with van der Waals surface area (Å²) in [5, 5.41) is 0. The van der Waals surface area contributed by atoms with Gasteiger partial charge < -0.3 is 10.5 Å². The van der Waals surface area contributed by atoms with E-state index in [4.69, 9.17) is 10.5 Å². The number of benzene rings is 2. The van der Waals surface area contributed by atoms with Gasteiger partial charge in [-0.3, -0.25) is 0 Å². The van der Waals surface area contributed by atoms with Gasteiger partial charge >= 0.3 is 0 Å². The van der Waals surface area contributed by atoms with E-state index in [1.54, 1.807) is 36.4 Å². The second kappa shape index (κ2) is 6.95. The third-order valence-electron chi connectivity index (χ3n) is 3.96. The van der Waals surface area contributed by atoms with Gasteiger partial charge in [-0.05, 0) is 54.1 Å². The number of halogens is 2. The molecule has 4 aromatic rings. The van der Waals surface area contributed by atoms with Gasteiger partial charge in [-0.25, -0.2) is 18.7 Å². The van der Waals surface area contributed by atoms with E-state index in [9.17, 15) is 8.78 Å². The van der Waals surface area contributed by atoms with Crippen molar-refractivity contribution >= 4 is 17.0 Å². The lowest BCUT2D eigenvalue weighted by Gasteiger charge is -2.10. The lowest BCUT2D eigenvalue weighted by Crippen LogP contribution is -2.03. The minimum absolute atomic E-state index is 0.0629. The molecule has 0 aliphatic carbocycles. The Kier molecular flexibility index (Phi) is 4.33. The third-order valence-corrected chi connectivity index (χ3v) is 3.96. The van der Waals surface area contributed by atoms with E-state index in [2.05, 4.69) is 15.0 Å². The molecule has 0 aliphatic heterocycles. The van der Waals surface area contributed by atoms with E-state index in [0.717, 1.165) is 11.1 Å². The van der Waals surface area contributed by atoms with E-state index in [-0.39, 0.29) is 30.1 Å². The van der Waals surface area contributed by atoms with Crippen LogP contribution in [0.3, 0.4) is 0 Å². The highest BCUT2D eigenvalue weighted by molar-refractivity contribution is 5.83. The molecule has 5 nitrogen and oxygen atoms in total. The molecule has 0 saturated heterocycles. The zero-order valence-electron chi connectivity index (χ0n) is 14.1. The van der Waals surface area contributed by atoms with E-state index in [1.165, 1.54) is 24.3 Å². The van der Waals surface area contributed by atoms with Crippen LogP contribution in [0.15, 0.2) is 60.7 Å². The molecule has 0 fully saturated rings. The number of nitrogens with zero attached hydrogens (tertiary/aromatic N) is 3. The van der Waals surface area contributed by atoms with Gasteiger partial charge in [0.2, 0.25) is 11.8 Å². The first kappa shape index (κ1) is 16.8. The highest BCUT2D eigenvalue weighted by atomic mass is 19.1. The highest BCUT2D eigenvalue weighted by Gasteiger charge is 2.12. The van der Waals surface area contributed by atoms with Gasteiger partial charge in [0.15, 0.2) is 5.52 Å². The maximum Gasteiger partial charge on any atom is 0.245 e. The summed E-state index contributed by atoms with van der Waals surface area (Å²) in [5.74, 6) is -0.348. The lowest BCUT2D eigenvalue weighted by atomic mass is 10.1.